The third kappa shape index (κ3) is 7.56. The highest BCUT2D eigenvalue weighted by molar-refractivity contribution is 7.98. The van der Waals surface area contributed by atoms with Crippen molar-refractivity contribution in [3.8, 4) is 5.75 Å². The molecule has 1 atom stereocenters. The molecule has 11 heteroatoms. The summed E-state index contributed by atoms with van der Waals surface area (Å²) in [5.41, 5.74) is 0.547. The summed E-state index contributed by atoms with van der Waals surface area (Å²) in [6, 6.07) is 9.81. The van der Waals surface area contributed by atoms with Crippen molar-refractivity contribution >= 4 is 27.7 Å². The lowest BCUT2D eigenvalue weighted by molar-refractivity contribution is 0.180. The molecule has 1 unspecified atom stereocenters. The number of furan rings is 1. The molecule has 0 saturated heterocycles. The van der Waals surface area contributed by atoms with Gasteiger partial charge in [0, 0.05) is 18.8 Å². The van der Waals surface area contributed by atoms with Gasteiger partial charge in [0.1, 0.15) is 17.3 Å². The van der Waals surface area contributed by atoms with Gasteiger partial charge in [-0.2, -0.15) is 11.8 Å². The summed E-state index contributed by atoms with van der Waals surface area (Å²) >= 11 is 1.50. The molecule has 0 spiro atoms. The fourth-order valence-corrected chi connectivity index (χ4v) is 4.38. The average molecular weight is 457 g/mol. The smallest absolute Gasteiger partial charge is 0.234 e. The second kappa shape index (κ2) is 11.3. The molecule has 0 aliphatic carbocycles. The standard InChI is InChI=1S/C19H28N4O5S2/c1-21-11-16-7-8-17(28-16)13-29-10-9-23(30(2,26)27)19(20)22-12-18(25)14-3-5-15(24)6-4-14/h3-8,18,21,24-25H,9-13H2,1-2H3,(H2,20,22). The van der Waals surface area contributed by atoms with Crippen molar-refractivity contribution in [3.05, 3.63) is 53.5 Å². The lowest BCUT2D eigenvalue weighted by Crippen LogP contribution is -2.46. The van der Waals surface area contributed by atoms with Crippen LogP contribution in [0.5, 0.6) is 5.75 Å². The molecule has 0 radical (unpaired) electrons. The number of aliphatic hydroxyl groups is 1. The van der Waals surface area contributed by atoms with Crippen LogP contribution in [0.3, 0.4) is 0 Å². The van der Waals surface area contributed by atoms with Gasteiger partial charge >= 0.3 is 0 Å². The first-order chi connectivity index (χ1) is 14.2. The van der Waals surface area contributed by atoms with Crippen LogP contribution in [0.4, 0.5) is 0 Å². The van der Waals surface area contributed by atoms with Gasteiger partial charge in [-0.05, 0) is 36.9 Å². The van der Waals surface area contributed by atoms with Gasteiger partial charge in [0.05, 0.1) is 24.7 Å². The topological polar surface area (TPSA) is 139 Å². The Kier molecular flexibility index (Phi) is 9.03. The first-order valence-electron chi connectivity index (χ1n) is 9.27. The van der Waals surface area contributed by atoms with Crippen molar-refractivity contribution in [2.75, 3.05) is 32.1 Å². The zero-order valence-electron chi connectivity index (χ0n) is 17.0. The zero-order chi connectivity index (χ0) is 22.1. The molecule has 0 amide bonds. The number of thioether (sulfide) groups is 1. The summed E-state index contributed by atoms with van der Waals surface area (Å²) in [4.78, 5) is 0. The number of phenols is 1. The minimum atomic E-state index is -3.64. The summed E-state index contributed by atoms with van der Waals surface area (Å²) in [5.74, 6) is 2.50. The Balaban J connectivity index is 1.83. The third-order valence-electron chi connectivity index (χ3n) is 4.14. The summed E-state index contributed by atoms with van der Waals surface area (Å²) in [7, 11) is -1.81. The second-order valence-electron chi connectivity index (χ2n) is 6.62. The second-order valence-corrected chi connectivity index (χ2v) is 9.63. The van der Waals surface area contributed by atoms with Gasteiger partial charge in [0.25, 0.3) is 0 Å². The highest BCUT2D eigenvalue weighted by Crippen LogP contribution is 2.17. The van der Waals surface area contributed by atoms with Gasteiger partial charge in [-0.3, -0.25) is 5.41 Å². The molecule has 30 heavy (non-hydrogen) atoms. The molecule has 1 aromatic heterocycles. The number of sulfonamides is 1. The maximum Gasteiger partial charge on any atom is 0.234 e. The van der Waals surface area contributed by atoms with Crippen LogP contribution in [0.2, 0.25) is 0 Å². The molecule has 0 saturated carbocycles. The van der Waals surface area contributed by atoms with Crippen molar-refractivity contribution in [3.63, 3.8) is 0 Å². The Hall–Kier alpha value is -2.21. The summed E-state index contributed by atoms with van der Waals surface area (Å²) in [6.07, 6.45) is 0.0911. The van der Waals surface area contributed by atoms with Crippen molar-refractivity contribution in [1.29, 1.82) is 5.41 Å². The molecule has 166 valence electrons. The highest BCUT2D eigenvalue weighted by atomic mass is 32.2. The van der Waals surface area contributed by atoms with Gasteiger partial charge in [-0.1, -0.05) is 12.1 Å². The normalized spacial score (nSPS) is 12.5. The van der Waals surface area contributed by atoms with E-state index < -0.39 is 16.1 Å². The maximum atomic E-state index is 12.1. The molecular formula is C19H28N4O5S2. The van der Waals surface area contributed by atoms with Crippen molar-refractivity contribution in [2.45, 2.75) is 18.4 Å². The van der Waals surface area contributed by atoms with E-state index in [1.807, 2.05) is 19.2 Å². The Morgan fingerprint density at radius 2 is 1.90 bits per heavy atom. The molecule has 1 aromatic carbocycles. The van der Waals surface area contributed by atoms with Crippen LogP contribution in [0.25, 0.3) is 0 Å². The average Bonchev–Trinajstić information content (AvgIpc) is 3.13. The van der Waals surface area contributed by atoms with Crippen LogP contribution in [0.1, 0.15) is 23.2 Å². The van der Waals surface area contributed by atoms with Crippen LogP contribution in [-0.2, 0) is 22.3 Å². The molecule has 0 bridgehead atoms. The van der Waals surface area contributed by atoms with E-state index >= 15 is 0 Å². The minimum Gasteiger partial charge on any atom is -0.508 e. The largest absolute Gasteiger partial charge is 0.508 e. The highest BCUT2D eigenvalue weighted by Gasteiger charge is 2.21. The van der Waals surface area contributed by atoms with Gasteiger partial charge in [0.15, 0.2) is 0 Å². The first kappa shape index (κ1) is 24.1. The van der Waals surface area contributed by atoms with Gasteiger partial charge in [0.2, 0.25) is 16.0 Å². The quantitative estimate of drug-likeness (QED) is 0.195. The van der Waals surface area contributed by atoms with Gasteiger partial charge < -0.3 is 25.3 Å². The van der Waals surface area contributed by atoms with E-state index in [9.17, 15) is 18.6 Å². The molecule has 2 rings (SSSR count). The zero-order valence-corrected chi connectivity index (χ0v) is 18.6. The molecule has 1 heterocycles. The Morgan fingerprint density at radius 3 is 2.53 bits per heavy atom. The van der Waals surface area contributed by atoms with Crippen molar-refractivity contribution in [1.82, 2.24) is 14.9 Å². The molecule has 0 fully saturated rings. The lowest BCUT2D eigenvalue weighted by atomic mass is 10.1. The van der Waals surface area contributed by atoms with Gasteiger partial charge in [-0.25, -0.2) is 12.7 Å². The number of hydrogen-bond acceptors (Lipinski definition) is 8. The first-order valence-corrected chi connectivity index (χ1v) is 12.3. The number of phenolic OH excluding ortho intramolecular Hbond substituents is 1. The number of nitrogens with zero attached hydrogens (tertiary/aromatic N) is 1. The number of rotatable bonds is 11. The summed E-state index contributed by atoms with van der Waals surface area (Å²) in [6.45, 7) is 0.726. The SMILES string of the molecule is CNCc1ccc(CSCCN(C(=N)NCC(O)c2ccc(O)cc2)S(C)(=O)=O)o1. The Labute approximate surface area is 181 Å². The molecule has 0 aliphatic rings. The monoisotopic (exact) mass is 456 g/mol. The number of nitrogens with one attached hydrogen (secondary N) is 3. The van der Waals surface area contributed by atoms with E-state index in [4.69, 9.17) is 9.83 Å². The Morgan fingerprint density at radius 1 is 1.23 bits per heavy atom. The van der Waals surface area contributed by atoms with Crippen LogP contribution in [0.15, 0.2) is 40.8 Å². The Bertz CT molecular complexity index is 915. The van der Waals surface area contributed by atoms with E-state index in [0.717, 1.165) is 22.1 Å². The van der Waals surface area contributed by atoms with E-state index in [1.165, 1.54) is 23.9 Å². The van der Waals surface area contributed by atoms with E-state index in [0.29, 0.717) is 23.6 Å². The number of benzene rings is 1. The van der Waals surface area contributed by atoms with Gasteiger partial charge in [-0.15, -0.1) is 0 Å². The van der Waals surface area contributed by atoms with E-state index in [1.54, 1.807) is 12.1 Å². The molecular weight excluding hydrogens is 428 g/mol. The molecule has 9 nitrogen and oxygen atoms in total. The van der Waals surface area contributed by atoms with Crippen LogP contribution in [0, 0.1) is 5.41 Å². The molecule has 0 aliphatic heterocycles. The number of aliphatic hydroxyl groups excluding tert-OH is 1. The lowest BCUT2D eigenvalue weighted by Gasteiger charge is -2.24. The number of aromatic hydroxyl groups is 1. The van der Waals surface area contributed by atoms with Crippen LogP contribution >= 0.6 is 11.8 Å². The molecule has 2 aromatic rings. The van der Waals surface area contributed by atoms with Crippen molar-refractivity contribution < 1.29 is 23.0 Å². The number of guanidine groups is 1. The number of hydrogen-bond donors (Lipinski definition) is 5. The van der Waals surface area contributed by atoms with Crippen LogP contribution in [-0.4, -0.2) is 61.0 Å². The van der Waals surface area contributed by atoms with E-state index in [2.05, 4.69) is 10.6 Å². The van der Waals surface area contributed by atoms with Crippen LogP contribution < -0.4 is 10.6 Å². The summed E-state index contributed by atoms with van der Waals surface area (Å²) < 4.78 is 30.8. The predicted octanol–water partition coefficient (Wildman–Crippen LogP) is 1.46. The third-order valence-corrected chi connectivity index (χ3v) is 6.27. The summed E-state index contributed by atoms with van der Waals surface area (Å²) in [5, 5.41) is 33.3. The predicted molar refractivity (Wildman–Crippen MR) is 118 cm³/mol. The fourth-order valence-electron chi connectivity index (χ4n) is 2.63. The minimum absolute atomic E-state index is 0.0383. The maximum absolute atomic E-state index is 12.1. The fraction of sp³-hybridized carbons (Fsp3) is 0.421. The van der Waals surface area contributed by atoms with Crippen molar-refractivity contribution in [2.24, 2.45) is 0 Å². The van der Waals surface area contributed by atoms with E-state index in [-0.39, 0.29) is 24.8 Å². The molecule has 5 N–H and O–H groups in total.